The highest BCUT2D eigenvalue weighted by molar-refractivity contribution is 6.21. The van der Waals surface area contributed by atoms with Crippen LogP contribution in [-0.2, 0) is 0 Å². The van der Waals surface area contributed by atoms with E-state index in [0.29, 0.717) is 11.8 Å². The predicted octanol–water partition coefficient (Wildman–Crippen LogP) is 18.2. The topological polar surface area (TPSA) is 32.8 Å². The summed E-state index contributed by atoms with van der Waals surface area (Å²) in [5, 5.41) is 8.82. The third kappa shape index (κ3) is 6.85. The number of furan rings is 2. The summed E-state index contributed by atoms with van der Waals surface area (Å²) in [6.07, 6.45) is 0. The van der Waals surface area contributed by atoms with Crippen LogP contribution in [0.2, 0.25) is 0 Å². The molecule has 9 aromatic carbocycles. The van der Waals surface area contributed by atoms with Crippen LogP contribution in [-0.4, -0.2) is 0 Å². The lowest BCUT2D eigenvalue weighted by atomic mass is 10.0. The average molecular weight is 833 g/mol. The Balaban J connectivity index is 1.03. The molecule has 11 aromatic rings. The molecule has 0 unspecified atom stereocenters. The zero-order valence-electron chi connectivity index (χ0n) is 37.9. The molecular formula is C60H52N2O2. The monoisotopic (exact) mass is 832 g/mol. The molecule has 0 N–H and O–H groups in total. The summed E-state index contributed by atoms with van der Waals surface area (Å²) < 4.78 is 13.6. The van der Waals surface area contributed by atoms with E-state index in [2.05, 4.69) is 223 Å². The summed E-state index contributed by atoms with van der Waals surface area (Å²) in [6, 6.07) is 58.3. The van der Waals surface area contributed by atoms with Gasteiger partial charge in [0.1, 0.15) is 11.2 Å². The Morgan fingerprint density at radius 3 is 1.11 bits per heavy atom. The Hall–Kier alpha value is -7.30. The third-order valence-corrected chi connectivity index (χ3v) is 13.0. The van der Waals surface area contributed by atoms with Gasteiger partial charge in [0.05, 0.1) is 0 Å². The van der Waals surface area contributed by atoms with Crippen LogP contribution in [0, 0.1) is 27.7 Å². The second kappa shape index (κ2) is 15.2. The number of hydrogen-bond donors (Lipinski definition) is 0. The predicted molar refractivity (Wildman–Crippen MR) is 273 cm³/mol. The molecule has 2 aromatic heterocycles. The SMILES string of the molecule is Cc1cc(C)cc(N(c2cccc(C(C)C)c2)c2ccc3cc4c(cc3c2)oc2c4ccc3c4cc5ccc(N(c6cc(C)cc(C)c6)c6cccc(C(C)C)c6)cc5cc4oc32)c1. The standard InChI is InChI=1S/C60H52N2O2/c1-35(2)41-11-9-13-47(27-41)61(51-23-37(5)21-38(6)24-51)49-17-15-43-31-55-53-19-20-54-56-32-44-16-18-50(30-46(44)34-58(56)64-60(54)59(53)63-57(55)33-45(43)29-49)62(52-25-39(7)22-40(8)26-52)48-14-10-12-42(28-48)36(3)4/h9-36H,1-8H3. The van der Waals surface area contributed by atoms with Crippen molar-refractivity contribution in [2.45, 2.75) is 67.2 Å². The van der Waals surface area contributed by atoms with Crippen LogP contribution in [0.15, 0.2) is 167 Å². The minimum absolute atomic E-state index is 0.423. The number of nitrogens with zero attached hydrogens (tertiary/aromatic N) is 2. The van der Waals surface area contributed by atoms with Crippen LogP contribution in [0.3, 0.4) is 0 Å². The van der Waals surface area contributed by atoms with Crippen molar-refractivity contribution in [3.8, 4) is 0 Å². The minimum Gasteiger partial charge on any atom is -0.452 e. The van der Waals surface area contributed by atoms with Crippen LogP contribution in [0.5, 0.6) is 0 Å². The van der Waals surface area contributed by atoms with E-state index >= 15 is 0 Å². The number of rotatable bonds is 8. The van der Waals surface area contributed by atoms with E-state index in [1.807, 2.05) is 0 Å². The molecule has 0 atom stereocenters. The number of benzene rings is 9. The fraction of sp³-hybridized carbons (Fsp3) is 0.167. The van der Waals surface area contributed by atoms with Crippen molar-refractivity contribution >= 4 is 99.5 Å². The van der Waals surface area contributed by atoms with Crippen LogP contribution in [0.4, 0.5) is 34.1 Å². The van der Waals surface area contributed by atoms with E-state index in [4.69, 9.17) is 8.83 Å². The molecule has 314 valence electrons. The highest BCUT2D eigenvalue weighted by Crippen LogP contribution is 2.44. The second-order valence-electron chi connectivity index (χ2n) is 18.6. The summed E-state index contributed by atoms with van der Waals surface area (Å²) in [6.45, 7) is 17.7. The van der Waals surface area contributed by atoms with E-state index in [1.165, 1.54) is 33.4 Å². The first-order valence-corrected chi connectivity index (χ1v) is 22.6. The van der Waals surface area contributed by atoms with Crippen LogP contribution in [0.25, 0.3) is 65.4 Å². The molecule has 0 spiro atoms. The highest BCUT2D eigenvalue weighted by Gasteiger charge is 2.21. The smallest absolute Gasteiger partial charge is 0.178 e. The van der Waals surface area contributed by atoms with Crippen LogP contribution < -0.4 is 9.80 Å². The van der Waals surface area contributed by atoms with Crippen LogP contribution >= 0.6 is 0 Å². The van der Waals surface area contributed by atoms with Gasteiger partial charge in [-0.3, -0.25) is 0 Å². The Labute approximate surface area is 375 Å². The Morgan fingerprint density at radius 1 is 0.328 bits per heavy atom. The molecule has 0 aliphatic heterocycles. The normalized spacial score (nSPS) is 12.0. The number of aryl methyl sites for hydroxylation is 4. The molecule has 0 radical (unpaired) electrons. The molecule has 2 heterocycles. The van der Waals surface area contributed by atoms with E-state index < -0.39 is 0 Å². The molecule has 0 bridgehead atoms. The molecule has 64 heavy (non-hydrogen) atoms. The summed E-state index contributed by atoms with van der Waals surface area (Å²) in [5.74, 6) is 0.847. The minimum atomic E-state index is 0.423. The van der Waals surface area contributed by atoms with Crippen molar-refractivity contribution in [2.24, 2.45) is 0 Å². The first kappa shape index (κ1) is 39.5. The van der Waals surface area contributed by atoms with Crippen LogP contribution in [0.1, 0.15) is 72.9 Å². The summed E-state index contributed by atoms with van der Waals surface area (Å²) >= 11 is 0. The number of fused-ring (bicyclic) bond motifs is 9. The van der Waals surface area contributed by atoms with Gasteiger partial charge in [0.15, 0.2) is 11.2 Å². The average Bonchev–Trinajstić information content (AvgIpc) is 3.82. The lowest BCUT2D eigenvalue weighted by Gasteiger charge is -2.27. The maximum atomic E-state index is 6.82. The fourth-order valence-corrected chi connectivity index (χ4v) is 9.91. The van der Waals surface area contributed by atoms with Crippen molar-refractivity contribution in [3.63, 3.8) is 0 Å². The molecule has 0 saturated carbocycles. The quantitative estimate of drug-likeness (QED) is 0.153. The summed E-state index contributed by atoms with van der Waals surface area (Å²) in [4.78, 5) is 4.76. The molecular weight excluding hydrogens is 781 g/mol. The summed E-state index contributed by atoms with van der Waals surface area (Å²) in [7, 11) is 0. The molecule has 0 aliphatic carbocycles. The van der Waals surface area contributed by atoms with Crippen molar-refractivity contribution in [1.29, 1.82) is 0 Å². The lowest BCUT2D eigenvalue weighted by molar-refractivity contribution is 0.634. The third-order valence-electron chi connectivity index (χ3n) is 13.0. The van der Waals surface area contributed by atoms with Gasteiger partial charge >= 0.3 is 0 Å². The van der Waals surface area contributed by atoms with E-state index in [0.717, 1.165) is 99.5 Å². The van der Waals surface area contributed by atoms with Crippen molar-refractivity contribution < 1.29 is 8.83 Å². The van der Waals surface area contributed by atoms with Gasteiger partial charge in [0, 0.05) is 55.7 Å². The zero-order valence-corrected chi connectivity index (χ0v) is 37.9. The first-order valence-electron chi connectivity index (χ1n) is 22.6. The van der Waals surface area contributed by atoms with Gasteiger partial charge in [0.25, 0.3) is 0 Å². The second-order valence-corrected chi connectivity index (χ2v) is 18.6. The molecule has 0 fully saturated rings. The number of hydrogen-bond acceptors (Lipinski definition) is 4. The van der Waals surface area contributed by atoms with E-state index in [1.54, 1.807) is 0 Å². The Kier molecular flexibility index (Phi) is 9.39. The maximum absolute atomic E-state index is 6.82. The lowest BCUT2D eigenvalue weighted by Crippen LogP contribution is -2.11. The van der Waals surface area contributed by atoms with Gasteiger partial charge in [-0.1, -0.05) is 76.2 Å². The van der Waals surface area contributed by atoms with E-state index in [-0.39, 0.29) is 0 Å². The zero-order chi connectivity index (χ0) is 44.0. The van der Waals surface area contributed by atoms with Gasteiger partial charge in [-0.25, -0.2) is 0 Å². The largest absolute Gasteiger partial charge is 0.452 e. The fourth-order valence-electron chi connectivity index (χ4n) is 9.91. The van der Waals surface area contributed by atoms with Gasteiger partial charge in [-0.15, -0.1) is 0 Å². The van der Waals surface area contributed by atoms with Gasteiger partial charge in [0.2, 0.25) is 0 Å². The number of anilines is 6. The van der Waals surface area contributed by atoms with Gasteiger partial charge < -0.3 is 18.6 Å². The molecule has 0 saturated heterocycles. The van der Waals surface area contributed by atoms with Crippen molar-refractivity contribution in [3.05, 3.63) is 191 Å². The first-order chi connectivity index (χ1) is 30.9. The van der Waals surface area contributed by atoms with Crippen molar-refractivity contribution in [1.82, 2.24) is 0 Å². The molecule has 0 amide bonds. The molecule has 0 aliphatic rings. The van der Waals surface area contributed by atoms with Gasteiger partial charge in [-0.2, -0.15) is 0 Å². The molecule has 4 heteroatoms. The molecule has 4 nitrogen and oxygen atoms in total. The van der Waals surface area contributed by atoms with E-state index in [9.17, 15) is 0 Å². The highest BCUT2D eigenvalue weighted by atomic mass is 16.4. The Morgan fingerprint density at radius 2 is 0.719 bits per heavy atom. The van der Waals surface area contributed by atoms with Crippen molar-refractivity contribution in [2.75, 3.05) is 9.80 Å². The Bertz CT molecular complexity index is 3360. The van der Waals surface area contributed by atoms with Gasteiger partial charge in [-0.05, 0) is 204 Å². The summed E-state index contributed by atoms with van der Waals surface area (Å²) in [5.41, 5.74) is 17.6. The molecule has 11 rings (SSSR count). The maximum Gasteiger partial charge on any atom is 0.178 e.